The average molecular weight is 272 g/mol. The molecule has 2 aromatic rings. The minimum absolute atomic E-state index is 0.602. The topological polar surface area (TPSA) is 0 Å². The molecule has 0 bridgehead atoms. The summed E-state index contributed by atoms with van der Waals surface area (Å²) in [6.45, 7) is 2.37. The maximum Gasteiger partial charge on any atom is -0.00107 e. The predicted octanol–water partition coefficient (Wildman–Crippen LogP) is 5.18. The van der Waals surface area contributed by atoms with E-state index in [0.717, 1.165) is 12.8 Å². The van der Waals surface area contributed by atoms with Gasteiger partial charge in [-0.15, -0.1) is 0 Å². The van der Waals surface area contributed by atoms with Gasteiger partial charge in [-0.1, -0.05) is 73.7 Å². The van der Waals surface area contributed by atoms with Crippen LogP contribution in [0.4, 0.5) is 0 Å². The van der Waals surface area contributed by atoms with Gasteiger partial charge in [0.25, 0.3) is 0 Å². The lowest BCUT2D eigenvalue weighted by Crippen LogP contribution is -2.10. The van der Waals surface area contributed by atoms with Crippen LogP contribution in [-0.2, 0) is 12.8 Å². The van der Waals surface area contributed by atoms with Crippen LogP contribution in [0.1, 0.15) is 23.6 Å². The van der Waals surface area contributed by atoms with Crippen molar-refractivity contribution in [1.29, 1.82) is 0 Å². The quantitative estimate of drug-likeness (QED) is 0.616. The molecule has 0 spiro atoms. The Kier molecular flexibility index (Phi) is 3.03. The van der Waals surface area contributed by atoms with Gasteiger partial charge >= 0.3 is 0 Å². The van der Waals surface area contributed by atoms with Crippen molar-refractivity contribution in [3.8, 4) is 11.1 Å². The molecule has 0 aromatic heterocycles. The van der Waals surface area contributed by atoms with E-state index < -0.39 is 0 Å². The van der Waals surface area contributed by atoms with Crippen molar-refractivity contribution in [1.82, 2.24) is 0 Å². The Morgan fingerprint density at radius 2 is 1.71 bits per heavy atom. The van der Waals surface area contributed by atoms with E-state index in [4.69, 9.17) is 0 Å². The summed E-state index contributed by atoms with van der Waals surface area (Å²) in [7, 11) is 0. The van der Waals surface area contributed by atoms with Crippen molar-refractivity contribution < 1.29 is 0 Å². The molecule has 0 saturated carbocycles. The fraction of sp³-hybridized carbons (Fsp3) is 0.238. The molecular formula is C21H20. The Labute approximate surface area is 126 Å². The lowest BCUT2D eigenvalue weighted by molar-refractivity contribution is 0.499. The predicted molar refractivity (Wildman–Crippen MR) is 89.3 cm³/mol. The molecule has 0 radical (unpaired) electrons. The molecule has 0 saturated heterocycles. The highest BCUT2D eigenvalue weighted by molar-refractivity contribution is 5.77. The molecule has 104 valence electrons. The summed E-state index contributed by atoms with van der Waals surface area (Å²) < 4.78 is 0. The number of fused-ring (bicyclic) bond motifs is 3. The van der Waals surface area contributed by atoms with Crippen molar-refractivity contribution in [3.63, 3.8) is 0 Å². The van der Waals surface area contributed by atoms with Crippen LogP contribution in [0, 0.1) is 11.8 Å². The van der Waals surface area contributed by atoms with Crippen molar-refractivity contribution in [2.75, 3.05) is 0 Å². The van der Waals surface area contributed by atoms with Crippen LogP contribution < -0.4 is 0 Å². The lowest BCUT2D eigenvalue weighted by Gasteiger charge is -2.18. The third-order valence-electron chi connectivity index (χ3n) is 4.92. The molecular weight excluding hydrogens is 252 g/mol. The summed E-state index contributed by atoms with van der Waals surface area (Å²) in [4.78, 5) is 0. The van der Waals surface area contributed by atoms with E-state index in [1.54, 1.807) is 5.56 Å². The second kappa shape index (κ2) is 5.04. The van der Waals surface area contributed by atoms with Gasteiger partial charge in [0.1, 0.15) is 0 Å². The van der Waals surface area contributed by atoms with Gasteiger partial charge in [-0.2, -0.15) is 0 Å². The minimum atomic E-state index is 0.602. The van der Waals surface area contributed by atoms with Crippen molar-refractivity contribution >= 4 is 0 Å². The molecule has 0 amide bonds. The average Bonchev–Trinajstić information content (AvgIpc) is 3.15. The van der Waals surface area contributed by atoms with E-state index in [0.29, 0.717) is 11.8 Å². The monoisotopic (exact) mass is 272 g/mol. The third-order valence-corrected chi connectivity index (χ3v) is 4.92. The first kappa shape index (κ1) is 12.6. The fourth-order valence-corrected chi connectivity index (χ4v) is 3.73. The van der Waals surface area contributed by atoms with Crippen LogP contribution in [0.2, 0.25) is 0 Å². The first-order chi connectivity index (χ1) is 10.3. The third kappa shape index (κ3) is 2.15. The van der Waals surface area contributed by atoms with E-state index in [1.165, 1.54) is 22.3 Å². The molecule has 1 atom stereocenters. The number of benzene rings is 2. The molecule has 1 unspecified atom stereocenters. The summed E-state index contributed by atoms with van der Waals surface area (Å²) >= 11 is 0. The van der Waals surface area contributed by atoms with Gasteiger partial charge in [0.2, 0.25) is 0 Å². The highest BCUT2D eigenvalue weighted by Crippen LogP contribution is 2.39. The van der Waals surface area contributed by atoms with Crippen molar-refractivity contribution in [3.05, 3.63) is 83.5 Å². The van der Waals surface area contributed by atoms with Crippen LogP contribution in [-0.4, -0.2) is 0 Å². The van der Waals surface area contributed by atoms with E-state index in [-0.39, 0.29) is 0 Å². The Bertz CT molecular complexity index is 721. The van der Waals surface area contributed by atoms with Crippen LogP contribution in [0.5, 0.6) is 0 Å². The van der Waals surface area contributed by atoms with Crippen LogP contribution in [0.3, 0.4) is 0 Å². The number of hydrogen-bond acceptors (Lipinski definition) is 0. The van der Waals surface area contributed by atoms with Gasteiger partial charge in [-0.05, 0) is 52.5 Å². The second-order valence-electron chi connectivity index (χ2n) is 6.31. The van der Waals surface area contributed by atoms with Gasteiger partial charge in [0.05, 0.1) is 0 Å². The molecule has 0 fully saturated rings. The summed E-state index contributed by atoms with van der Waals surface area (Å²) in [6.07, 6.45) is 11.3. The number of hydrogen-bond donors (Lipinski definition) is 0. The van der Waals surface area contributed by atoms with E-state index in [9.17, 15) is 0 Å². The van der Waals surface area contributed by atoms with Gasteiger partial charge in [-0.3, -0.25) is 0 Å². The van der Waals surface area contributed by atoms with Gasteiger partial charge in [0, 0.05) is 0 Å². The Morgan fingerprint density at radius 3 is 2.57 bits per heavy atom. The summed E-state index contributed by atoms with van der Waals surface area (Å²) in [5, 5.41) is 0. The molecule has 2 aliphatic carbocycles. The van der Waals surface area contributed by atoms with E-state index in [1.807, 2.05) is 0 Å². The fourth-order valence-electron chi connectivity index (χ4n) is 3.73. The second-order valence-corrected chi connectivity index (χ2v) is 6.31. The SMILES string of the molecule is CC(Cc1cccc2c1Cc1ccccc1-2)C1C=CC=C1. The highest BCUT2D eigenvalue weighted by Gasteiger charge is 2.22. The highest BCUT2D eigenvalue weighted by atomic mass is 14.3. The molecule has 0 aliphatic heterocycles. The Hall–Kier alpha value is -2.08. The molecule has 21 heavy (non-hydrogen) atoms. The summed E-state index contributed by atoms with van der Waals surface area (Å²) in [6, 6.07) is 15.7. The van der Waals surface area contributed by atoms with Crippen LogP contribution in [0.25, 0.3) is 11.1 Å². The standard InChI is InChI=1S/C21H20/c1-15(16-7-2-3-8-16)13-17-10-6-12-20-19-11-5-4-9-18(19)14-21(17)20/h2-12,15-16H,13-14H2,1H3. The first-order valence-electron chi connectivity index (χ1n) is 7.87. The zero-order valence-electron chi connectivity index (χ0n) is 12.4. The smallest absolute Gasteiger partial charge is 0.00107 e. The van der Waals surface area contributed by atoms with Crippen LogP contribution in [0.15, 0.2) is 66.8 Å². The molecule has 4 rings (SSSR count). The molecule has 2 aliphatic rings. The zero-order valence-corrected chi connectivity index (χ0v) is 12.4. The van der Waals surface area contributed by atoms with Gasteiger partial charge in [-0.25, -0.2) is 0 Å². The number of allylic oxidation sites excluding steroid dienone is 4. The summed E-state index contributed by atoms with van der Waals surface area (Å²) in [5.41, 5.74) is 7.45. The maximum atomic E-state index is 2.37. The van der Waals surface area contributed by atoms with Gasteiger partial charge in [0.15, 0.2) is 0 Å². The lowest BCUT2D eigenvalue weighted by atomic mass is 9.87. The van der Waals surface area contributed by atoms with Crippen LogP contribution >= 0.6 is 0 Å². The number of rotatable bonds is 3. The largest absolute Gasteiger partial charge is 0.0773 e. The van der Waals surface area contributed by atoms with Gasteiger partial charge < -0.3 is 0 Å². The van der Waals surface area contributed by atoms with Crippen molar-refractivity contribution in [2.24, 2.45) is 11.8 Å². The maximum absolute atomic E-state index is 2.37. The molecule has 0 nitrogen and oxygen atoms in total. The molecule has 0 N–H and O–H groups in total. The zero-order chi connectivity index (χ0) is 14.2. The van der Waals surface area contributed by atoms with E-state index in [2.05, 4.69) is 73.7 Å². The summed E-state index contributed by atoms with van der Waals surface area (Å²) in [5.74, 6) is 1.26. The first-order valence-corrected chi connectivity index (χ1v) is 7.87. The van der Waals surface area contributed by atoms with Crippen molar-refractivity contribution in [2.45, 2.75) is 19.8 Å². The Balaban J connectivity index is 1.67. The molecule has 0 heterocycles. The minimum Gasteiger partial charge on any atom is -0.0773 e. The van der Waals surface area contributed by atoms with E-state index >= 15 is 0 Å². The molecule has 0 heteroatoms. The Morgan fingerprint density at radius 1 is 0.952 bits per heavy atom. The normalized spacial score (nSPS) is 17.0. The molecule has 2 aromatic carbocycles.